The van der Waals surface area contributed by atoms with Crippen molar-refractivity contribution in [1.29, 1.82) is 0 Å². The molecule has 8 heteroatoms. The van der Waals surface area contributed by atoms with Gasteiger partial charge in [-0.2, -0.15) is 9.61 Å². The zero-order chi connectivity index (χ0) is 26.8. The monoisotopic (exact) mass is 595 g/mol. The van der Waals surface area contributed by atoms with E-state index in [0.717, 1.165) is 43.4 Å². The summed E-state index contributed by atoms with van der Waals surface area (Å²) in [7, 11) is 0. The van der Waals surface area contributed by atoms with Crippen LogP contribution in [0.2, 0.25) is 5.02 Å². The lowest BCUT2D eigenvalue weighted by Crippen LogP contribution is -2.22. The van der Waals surface area contributed by atoms with Gasteiger partial charge < -0.3 is 10.6 Å². The number of halogens is 2. The van der Waals surface area contributed by atoms with Crippen LogP contribution in [0.3, 0.4) is 0 Å². The highest BCUT2D eigenvalue weighted by atomic mass is 79.9. The number of hydrogen-bond acceptors (Lipinski definition) is 4. The Kier molecular flexibility index (Phi) is 7.00. The van der Waals surface area contributed by atoms with E-state index in [1.54, 1.807) is 10.7 Å². The summed E-state index contributed by atoms with van der Waals surface area (Å²) in [5.74, 6) is 0.709. The molecule has 0 radical (unpaired) electrons. The summed E-state index contributed by atoms with van der Waals surface area (Å²) in [6.07, 6.45) is 1.73. The molecule has 4 aromatic carbocycles. The van der Waals surface area contributed by atoms with Crippen LogP contribution >= 0.6 is 27.5 Å². The highest BCUT2D eigenvalue weighted by Crippen LogP contribution is 2.30. The molecule has 0 atom stereocenters. The molecular weight excluding hydrogens is 574 g/mol. The number of aromatic nitrogens is 3. The zero-order valence-electron chi connectivity index (χ0n) is 20.7. The lowest BCUT2D eigenvalue weighted by Gasteiger charge is -2.12. The lowest BCUT2D eigenvalue weighted by molar-refractivity contribution is 0.0951. The molecule has 2 N–H and O–H groups in total. The summed E-state index contributed by atoms with van der Waals surface area (Å²) in [4.78, 5) is 17.5. The summed E-state index contributed by atoms with van der Waals surface area (Å²) in [5, 5.41) is 13.8. The normalized spacial score (nSPS) is 11.1. The number of hydrogen-bond donors (Lipinski definition) is 2. The molecule has 1 amide bonds. The van der Waals surface area contributed by atoms with Crippen molar-refractivity contribution in [2.45, 2.75) is 13.1 Å². The average Bonchev–Trinajstić information content (AvgIpc) is 3.35. The number of benzene rings is 4. The fraction of sp³-hybridized carbons (Fsp3) is 0.0645. The van der Waals surface area contributed by atoms with Crippen molar-refractivity contribution in [2.24, 2.45) is 0 Å². The van der Waals surface area contributed by atoms with Gasteiger partial charge in [0.05, 0.1) is 16.4 Å². The summed E-state index contributed by atoms with van der Waals surface area (Å²) < 4.78 is 2.57. The second kappa shape index (κ2) is 10.9. The van der Waals surface area contributed by atoms with Gasteiger partial charge in [0.25, 0.3) is 5.91 Å². The number of carbonyl (C=O) groups is 1. The summed E-state index contributed by atoms with van der Waals surface area (Å²) in [6.45, 7) is 1.04. The fourth-order valence-corrected chi connectivity index (χ4v) is 5.03. The van der Waals surface area contributed by atoms with Crippen LogP contribution < -0.4 is 10.6 Å². The predicted octanol–water partition coefficient (Wildman–Crippen LogP) is 7.51. The summed E-state index contributed by atoms with van der Waals surface area (Å²) >= 11 is 9.99. The van der Waals surface area contributed by atoms with Gasteiger partial charge in [0, 0.05) is 35.3 Å². The smallest absolute Gasteiger partial charge is 0.251 e. The van der Waals surface area contributed by atoms with Crippen molar-refractivity contribution < 1.29 is 4.79 Å². The Bertz CT molecular complexity index is 1820. The van der Waals surface area contributed by atoms with Crippen molar-refractivity contribution in [3.63, 3.8) is 0 Å². The molecule has 2 aromatic heterocycles. The second-order valence-electron chi connectivity index (χ2n) is 9.15. The standard InChI is InChI=1S/C31H23BrClN5O/c32-26-19-36-38-29(16-28(37-30(26)38)25-7-3-4-8-27(25)33)34-17-20-9-11-21(12-10-20)18-35-31(39)24-14-13-22-5-1-2-6-23(22)15-24/h1-16,19,34H,17-18H2,(H,35,39). The molecule has 0 fully saturated rings. The van der Waals surface area contributed by atoms with E-state index in [4.69, 9.17) is 16.6 Å². The van der Waals surface area contributed by atoms with Crippen molar-refractivity contribution in [3.8, 4) is 11.3 Å². The first-order valence-corrected chi connectivity index (χ1v) is 13.6. The van der Waals surface area contributed by atoms with E-state index in [-0.39, 0.29) is 5.91 Å². The van der Waals surface area contributed by atoms with Crippen molar-refractivity contribution in [3.05, 3.63) is 129 Å². The molecule has 0 spiro atoms. The molecule has 0 saturated carbocycles. The molecule has 39 heavy (non-hydrogen) atoms. The molecule has 0 saturated heterocycles. The van der Waals surface area contributed by atoms with Crippen LogP contribution in [-0.4, -0.2) is 20.5 Å². The van der Waals surface area contributed by atoms with Gasteiger partial charge in [-0.15, -0.1) is 0 Å². The quantitative estimate of drug-likeness (QED) is 0.200. The number of rotatable bonds is 7. The number of nitrogens with zero attached hydrogens (tertiary/aromatic N) is 3. The maximum Gasteiger partial charge on any atom is 0.251 e. The first-order chi connectivity index (χ1) is 19.0. The van der Waals surface area contributed by atoms with Crippen molar-refractivity contribution in [2.75, 3.05) is 5.32 Å². The first kappa shape index (κ1) is 25.1. The van der Waals surface area contributed by atoms with E-state index in [2.05, 4.69) is 43.8 Å². The lowest BCUT2D eigenvalue weighted by atomic mass is 10.1. The van der Waals surface area contributed by atoms with Crippen LogP contribution in [0.1, 0.15) is 21.5 Å². The fourth-order valence-electron chi connectivity index (χ4n) is 4.45. The minimum absolute atomic E-state index is 0.0899. The number of anilines is 1. The van der Waals surface area contributed by atoms with Crippen LogP contribution in [0.25, 0.3) is 27.7 Å². The third-order valence-electron chi connectivity index (χ3n) is 6.54. The molecule has 0 aliphatic heterocycles. The van der Waals surface area contributed by atoms with Gasteiger partial charge in [0.15, 0.2) is 5.65 Å². The SMILES string of the molecule is O=C(NCc1ccc(CNc2cc(-c3ccccc3Cl)nc3c(Br)cnn23)cc1)c1ccc2ccccc2c1. The van der Waals surface area contributed by atoms with Crippen molar-refractivity contribution >= 4 is 55.7 Å². The predicted molar refractivity (Wildman–Crippen MR) is 160 cm³/mol. The van der Waals surface area contributed by atoms with Crippen LogP contribution in [0.15, 0.2) is 108 Å². The van der Waals surface area contributed by atoms with Gasteiger partial charge in [-0.1, -0.05) is 84.4 Å². The van der Waals surface area contributed by atoms with Gasteiger partial charge in [-0.3, -0.25) is 4.79 Å². The van der Waals surface area contributed by atoms with Gasteiger partial charge in [-0.05, 0) is 56.0 Å². The highest BCUT2D eigenvalue weighted by Gasteiger charge is 2.13. The van der Waals surface area contributed by atoms with Gasteiger partial charge >= 0.3 is 0 Å². The Hall–Kier alpha value is -4.20. The second-order valence-corrected chi connectivity index (χ2v) is 10.4. The Morgan fingerprint density at radius 1 is 0.846 bits per heavy atom. The highest BCUT2D eigenvalue weighted by molar-refractivity contribution is 9.10. The molecule has 0 unspecified atom stereocenters. The van der Waals surface area contributed by atoms with E-state index in [9.17, 15) is 4.79 Å². The number of carbonyl (C=O) groups excluding carboxylic acids is 1. The molecule has 0 bridgehead atoms. The third kappa shape index (κ3) is 5.37. The van der Waals surface area contributed by atoms with E-state index in [1.807, 2.05) is 84.9 Å². The molecule has 2 heterocycles. The largest absolute Gasteiger partial charge is 0.366 e. The molecule has 0 aliphatic rings. The molecule has 192 valence electrons. The Balaban J connectivity index is 1.13. The van der Waals surface area contributed by atoms with Gasteiger partial charge in [0.1, 0.15) is 5.82 Å². The number of nitrogens with one attached hydrogen (secondary N) is 2. The van der Waals surface area contributed by atoms with Gasteiger partial charge in [0.2, 0.25) is 0 Å². The van der Waals surface area contributed by atoms with Crippen LogP contribution in [0, 0.1) is 0 Å². The maximum absolute atomic E-state index is 12.7. The summed E-state index contributed by atoms with van der Waals surface area (Å²) in [6, 6.07) is 31.5. The van der Waals surface area contributed by atoms with Crippen molar-refractivity contribution in [1.82, 2.24) is 19.9 Å². The minimum atomic E-state index is -0.0899. The Labute approximate surface area is 238 Å². The van der Waals surface area contributed by atoms with E-state index >= 15 is 0 Å². The molecule has 6 nitrogen and oxygen atoms in total. The first-order valence-electron chi connectivity index (χ1n) is 12.4. The Morgan fingerprint density at radius 3 is 2.36 bits per heavy atom. The van der Waals surface area contributed by atoms with E-state index in [1.165, 1.54) is 0 Å². The minimum Gasteiger partial charge on any atom is -0.366 e. The van der Waals surface area contributed by atoms with E-state index < -0.39 is 0 Å². The van der Waals surface area contributed by atoms with Crippen LogP contribution in [-0.2, 0) is 13.1 Å². The third-order valence-corrected chi connectivity index (χ3v) is 7.43. The van der Waals surface area contributed by atoms with Crippen LogP contribution in [0.5, 0.6) is 0 Å². The Morgan fingerprint density at radius 2 is 1.56 bits per heavy atom. The number of fused-ring (bicyclic) bond motifs is 2. The molecule has 0 aliphatic carbocycles. The van der Waals surface area contributed by atoms with Gasteiger partial charge in [-0.25, -0.2) is 4.98 Å². The molecule has 6 rings (SSSR count). The summed E-state index contributed by atoms with van der Waals surface area (Å²) in [5.41, 5.74) is 5.08. The number of amides is 1. The van der Waals surface area contributed by atoms with Crippen LogP contribution in [0.4, 0.5) is 5.82 Å². The topological polar surface area (TPSA) is 71.3 Å². The molecule has 6 aromatic rings. The molecular formula is C31H23BrClN5O. The average molecular weight is 597 g/mol. The van der Waals surface area contributed by atoms with E-state index in [0.29, 0.717) is 29.3 Å². The maximum atomic E-state index is 12.7. The zero-order valence-corrected chi connectivity index (χ0v) is 23.1.